The number of pyridine rings is 1. The molecule has 18 heavy (non-hydrogen) atoms. The van der Waals surface area contributed by atoms with E-state index >= 15 is 0 Å². The van der Waals surface area contributed by atoms with Gasteiger partial charge in [0.2, 0.25) is 0 Å². The average molecular weight is 248 g/mol. The van der Waals surface area contributed by atoms with Gasteiger partial charge in [0.1, 0.15) is 0 Å². The fourth-order valence-corrected chi connectivity index (χ4v) is 3.00. The smallest absolute Gasteiger partial charge is 0.0619 e. The molecule has 1 aromatic rings. The van der Waals surface area contributed by atoms with Crippen molar-refractivity contribution >= 4 is 0 Å². The molecule has 1 aliphatic heterocycles. The van der Waals surface area contributed by atoms with E-state index in [4.69, 9.17) is 4.74 Å². The van der Waals surface area contributed by atoms with Crippen molar-refractivity contribution in [3.63, 3.8) is 0 Å². The van der Waals surface area contributed by atoms with Crippen LogP contribution in [0.3, 0.4) is 0 Å². The molecule has 1 fully saturated rings. The van der Waals surface area contributed by atoms with Crippen molar-refractivity contribution in [3.8, 4) is 0 Å². The summed E-state index contributed by atoms with van der Waals surface area (Å²) in [7, 11) is 0. The number of aromatic nitrogens is 1. The van der Waals surface area contributed by atoms with E-state index in [-0.39, 0.29) is 0 Å². The van der Waals surface area contributed by atoms with Crippen LogP contribution in [0.5, 0.6) is 0 Å². The Hall–Kier alpha value is -0.930. The van der Waals surface area contributed by atoms with Gasteiger partial charge in [0.25, 0.3) is 0 Å². The summed E-state index contributed by atoms with van der Waals surface area (Å²) in [6.07, 6.45) is 2.37. The third kappa shape index (κ3) is 3.09. The van der Waals surface area contributed by atoms with Gasteiger partial charge < -0.3 is 10.1 Å². The monoisotopic (exact) mass is 248 g/mol. The van der Waals surface area contributed by atoms with Crippen LogP contribution < -0.4 is 5.32 Å². The van der Waals surface area contributed by atoms with Gasteiger partial charge >= 0.3 is 0 Å². The van der Waals surface area contributed by atoms with Crippen molar-refractivity contribution in [2.75, 3.05) is 13.2 Å². The first-order valence-corrected chi connectivity index (χ1v) is 6.86. The lowest BCUT2D eigenvalue weighted by molar-refractivity contribution is 0.0670. The van der Waals surface area contributed by atoms with Gasteiger partial charge in [0.15, 0.2) is 0 Å². The molecular formula is C15H24N2O. The second-order valence-corrected chi connectivity index (χ2v) is 5.38. The molecule has 0 bridgehead atoms. The fraction of sp³-hybridized carbons (Fsp3) is 0.667. The van der Waals surface area contributed by atoms with Gasteiger partial charge in [0, 0.05) is 30.1 Å². The van der Waals surface area contributed by atoms with E-state index < -0.39 is 0 Å². The highest BCUT2D eigenvalue weighted by Crippen LogP contribution is 2.22. The maximum Gasteiger partial charge on any atom is 0.0619 e. The van der Waals surface area contributed by atoms with Crippen LogP contribution >= 0.6 is 0 Å². The van der Waals surface area contributed by atoms with Gasteiger partial charge in [-0.25, -0.2) is 0 Å². The Labute approximate surface area is 110 Å². The Kier molecular flexibility index (Phi) is 4.36. The fourth-order valence-electron chi connectivity index (χ4n) is 3.00. The molecule has 2 heterocycles. The zero-order valence-corrected chi connectivity index (χ0v) is 11.9. The summed E-state index contributed by atoms with van der Waals surface area (Å²) in [4.78, 5) is 4.58. The molecule has 3 nitrogen and oxygen atoms in total. The van der Waals surface area contributed by atoms with Gasteiger partial charge in [-0.05, 0) is 57.7 Å². The van der Waals surface area contributed by atoms with E-state index in [2.05, 4.69) is 44.1 Å². The Balaban J connectivity index is 2.10. The lowest BCUT2D eigenvalue weighted by Gasteiger charge is -2.28. The predicted octanol–water partition coefficient (Wildman–Crippen LogP) is 2.84. The van der Waals surface area contributed by atoms with Crippen molar-refractivity contribution in [1.82, 2.24) is 10.3 Å². The molecule has 1 aliphatic rings. The quantitative estimate of drug-likeness (QED) is 0.893. The van der Waals surface area contributed by atoms with Gasteiger partial charge in [0.05, 0.1) is 6.61 Å². The molecule has 2 unspecified atom stereocenters. The number of aryl methyl sites for hydroxylation is 3. The van der Waals surface area contributed by atoms with Crippen LogP contribution in [0.25, 0.3) is 0 Å². The van der Waals surface area contributed by atoms with E-state index in [9.17, 15) is 0 Å². The summed E-state index contributed by atoms with van der Waals surface area (Å²) in [5, 5.41) is 3.67. The molecule has 1 N–H and O–H groups in total. The van der Waals surface area contributed by atoms with E-state index in [1.54, 1.807) is 0 Å². The minimum absolute atomic E-state index is 0.338. The number of rotatable bonds is 3. The number of hydrogen-bond acceptors (Lipinski definition) is 3. The van der Waals surface area contributed by atoms with E-state index in [1.807, 2.05) is 0 Å². The largest absolute Gasteiger partial charge is 0.380 e. The highest BCUT2D eigenvalue weighted by Gasteiger charge is 2.19. The van der Waals surface area contributed by atoms with E-state index in [1.165, 1.54) is 17.5 Å². The Morgan fingerprint density at radius 2 is 2.17 bits per heavy atom. The highest BCUT2D eigenvalue weighted by molar-refractivity contribution is 5.33. The molecule has 0 radical (unpaired) electrons. The SMILES string of the molecule is Cc1cc(C)c(C(C)NC2CCCOC2)c(C)n1. The average Bonchev–Trinajstić information content (AvgIpc) is 2.28. The predicted molar refractivity (Wildman–Crippen MR) is 73.8 cm³/mol. The summed E-state index contributed by atoms with van der Waals surface area (Å²) in [6.45, 7) is 10.3. The molecule has 0 aromatic carbocycles. The molecule has 0 spiro atoms. The molecule has 0 saturated carbocycles. The molecule has 3 heteroatoms. The molecule has 100 valence electrons. The van der Waals surface area contributed by atoms with Crippen LogP contribution in [0.4, 0.5) is 0 Å². The zero-order chi connectivity index (χ0) is 13.1. The van der Waals surface area contributed by atoms with Crippen molar-refractivity contribution in [1.29, 1.82) is 0 Å². The Morgan fingerprint density at radius 1 is 1.39 bits per heavy atom. The number of hydrogen-bond donors (Lipinski definition) is 1. The van der Waals surface area contributed by atoms with Gasteiger partial charge in [-0.1, -0.05) is 0 Å². The van der Waals surface area contributed by atoms with Gasteiger partial charge in [-0.2, -0.15) is 0 Å². The maximum atomic E-state index is 5.52. The second kappa shape index (κ2) is 5.81. The minimum atomic E-state index is 0.338. The summed E-state index contributed by atoms with van der Waals surface area (Å²) < 4.78 is 5.52. The normalized spacial score (nSPS) is 21.9. The van der Waals surface area contributed by atoms with Gasteiger partial charge in [-0.3, -0.25) is 4.98 Å². The first-order valence-electron chi connectivity index (χ1n) is 6.86. The van der Waals surface area contributed by atoms with Crippen molar-refractivity contribution in [2.45, 2.75) is 52.6 Å². The van der Waals surface area contributed by atoms with Crippen LogP contribution in [0.15, 0.2) is 6.07 Å². The van der Waals surface area contributed by atoms with Crippen molar-refractivity contribution in [3.05, 3.63) is 28.6 Å². The van der Waals surface area contributed by atoms with Gasteiger partial charge in [-0.15, -0.1) is 0 Å². The topological polar surface area (TPSA) is 34.1 Å². The van der Waals surface area contributed by atoms with Crippen molar-refractivity contribution < 1.29 is 4.74 Å². The van der Waals surface area contributed by atoms with Crippen molar-refractivity contribution in [2.24, 2.45) is 0 Å². The lowest BCUT2D eigenvalue weighted by atomic mass is 9.99. The molecule has 2 rings (SSSR count). The van der Waals surface area contributed by atoms with E-state index in [0.717, 1.165) is 31.0 Å². The van der Waals surface area contributed by atoms with Crippen LogP contribution in [0.1, 0.15) is 48.3 Å². The van der Waals surface area contributed by atoms with Crippen LogP contribution in [-0.2, 0) is 4.74 Å². The Bertz CT molecular complexity index is 388. The molecule has 1 aromatic heterocycles. The Morgan fingerprint density at radius 3 is 2.78 bits per heavy atom. The maximum absolute atomic E-state index is 5.52. The molecule has 1 saturated heterocycles. The first-order chi connectivity index (χ1) is 8.58. The molecule has 0 aliphatic carbocycles. The highest BCUT2D eigenvalue weighted by atomic mass is 16.5. The first kappa shape index (κ1) is 13.5. The molecule has 2 atom stereocenters. The number of nitrogens with zero attached hydrogens (tertiary/aromatic N) is 1. The number of nitrogens with one attached hydrogen (secondary N) is 1. The van der Waals surface area contributed by atoms with Crippen LogP contribution in [0.2, 0.25) is 0 Å². The van der Waals surface area contributed by atoms with Crippen LogP contribution in [-0.4, -0.2) is 24.2 Å². The zero-order valence-electron chi connectivity index (χ0n) is 11.9. The summed E-state index contributed by atoms with van der Waals surface area (Å²) in [5.74, 6) is 0. The van der Waals surface area contributed by atoms with E-state index in [0.29, 0.717) is 12.1 Å². The lowest BCUT2D eigenvalue weighted by Crippen LogP contribution is -2.38. The molecular weight excluding hydrogens is 224 g/mol. The third-order valence-electron chi connectivity index (χ3n) is 3.66. The third-order valence-corrected chi connectivity index (χ3v) is 3.66. The minimum Gasteiger partial charge on any atom is -0.380 e. The summed E-state index contributed by atoms with van der Waals surface area (Å²) >= 11 is 0. The molecule has 0 amide bonds. The standard InChI is InChI=1S/C15H24N2O/c1-10-8-11(2)16-12(3)15(10)13(4)17-14-6-5-7-18-9-14/h8,13-14,17H,5-7,9H2,1-4H3. The summed E-state index contributed by atoms with van der Waals surface area (Å²) in [5.41, 5.74) is 4.91. The second-order valence-electron chi connectivity index (χ2n) is 5.38. The van der Waals surface area contributed by atoms with Crippen LogP contribution in [0, 0.1) is 20.8 Å². The summed E-state index contributed by atoms with van der Waals surface area (Å²) in [6, 6.07) is 2.98. The number of ether oxygens (including phenoxy) is 1.